The van der Waals surface area contributed by atoms with Crippen LogP contribution in [0.15, 0.2) is 18.2 Å². The molecule has 2 N–H and O–H groups in total. The maximum Gasteiger partial charge on any atom is 0.182 e. The van der Waals surface area contributed by atoms with Crippen LogP contribution in [0, 0.1) is 6.07 Å². The molecule has 1 aliphatic rings. The van der Waals surface area contributed by atoms with E-state index in [0.29, 0.717) is 25.3 Å². The van der Waals surface area contributed by atoms with Crippen LogP contribution in [0.1, 0.15) is 10.4 Å². The number of rotatable bonds is 2. The van der Waals surface area contributed by atoms with Gasteiger partial charge in [0.1, 0.15) is 5.75 Å². The molecule has 79 valence electrons. The molecule has 1 unspecified atom stereocenters. The fourth-order valence-corrected chi connectivity index (χ4v) is 1.54. The molecule has 1 radical (unpaired) electrons. The molecular formula is C11H12NO3. The van der Waals surface area contributed by atoms with Gasteiger partial charge >= 0.3 is 0 Å². The van der Waals surface area contributed by atoms with Crippen LogP contribution in [-0.2, 0) is 4.74 Å². The van der Waals surface area contributed by atoms with Crippen molar-refractivity contribution in [1.29, 1.82) is 0 Å². The van der Waals surface area contributed by atoms with Crippen molar-refractivity contribution in [3.8, 4) is 5.75 Å². The lowest BCUT2D eigenvalue weighted by atomic mass is 10.0. The molecule has 2 rings (SSSR count). The van der Waals surface area contributed by atoms with Crippen molar-refractivity contribution in [2.45, 2.75) is 6.04 Å². The Kier molecular flexibility index (Phi) is 2.99. The Bertz CT molecular complexity index is 359. The Morgan fingerprint density at radius 1 is 1.67 bits per heavy atom. The lowest BCUT2D eigenvalue weighted by molar-refractivity contribution is 0.0607. The van der Waals surface area contributed by atoms with Crippen molar-refractivity contribution >= 4 is 5.78 Å². The smallest absolute Gasteiger partial charge is 0.182 e. The highest BCUT2D eigenvalue weighted by Gasteiger charge is 2.22. The third-order valence-electron chi connectivity index (χ3n) is 2.31. The average Bonchev–Trinajstić information content (AvgIpc) is 2.29. The van der Waals surface area contributed by atoms with Crippen LogP contribution in [0.2, 0.25) is 0 Å². The lowest BCUT2D eigenvalue weighted by Crippen LogP contribution is -2.46. The molecule has 1 saturated heterocycles. The van der Waals surface area contributed by atoms with Crippen LogP contribution in [-0.4, -0.2) is 36.7 Å². The third kappa shape index (κ3) is 2.34. The second-order valence-electron chi connectivity index (χ2n) is 3.41. The third-order valence-corrected chi connectivity index (χ3v) is 2.31. The van der Waals surface area contributed by atoms with E-state index in [1.54, 1.807) is 6.07 Å². The van der Waals surface area contributed by atoms with Crippen molar-refractivity contribution in [3.05, 3.63) is 29.8 Å². The number of morpholine rings is 1. The topological polar surface area (TPSA) is 58.6 Å². The van der Waals surface area contributed by atoms with Gasteiger partial charge in [-0.1, -0.05) is 6.07 Å². The summed E-state index contributed by atoms with van der Waals surface area (Å²) in [5, 5.41) is 12.3. The Hall–Kier alpha value is -1.39. The number of hydrogen-bond donors (Lipinski definition) is 2. The standard InChI is InChI=1S/C11H12NO3/c13-9-3-1-2-8(6-9)11(14)10-7-15-5-4-12-10/h1-2,6,10,12-13H,4-5,7H2. The zero-order chi connectivity index (χ0) is 10.7. The highest BCUT2D eigenvalue weighted by molar-refractivity contribution is 6.00. The first-order chi connectivity index (χ1) is 7.27. The number of carbonyl (C=O) groups excluding carboxylic acids is 1. The second-order valence-corrected chi connectivity index (χ2v) is 3.41. The lowest BCUT2D eigenvalue weighted by Gasteiger charge is -2.22. The molecule has 1 atom stereocenters. The number of ether oxygens (including phenoxy) is 1. The van der Waals surface area contributed by atoms with E-state index in [9.17, 15) is 9.90 Å². The summed E-state index contributed by atoms with van der Waals surface area (Å²) in [6.07, 6.45) is 0. The van der Waals surface area contributed by atoms with Crippen LogP contribution in [0.25, 0.3) is 0 Å². The fourth-order valence-electron chi connectivity index (χ4n) is 1.54. The molecule has 0 aromatic heterocycles. The van der Waals surface area contributed by atoms with Crippen LogP contribution < -0.4 is 5.32 Å². The van der Waals surface area contributed by atoms with Gasteiger partial charge in [0, 0.05) is 18.2 Å². The average molecular weight is 206 g/mol. The molecule has 1 fully saturated rings. The van der Waals surface area contributed by atoms with Gasteiger partial charge in [0.15, 0.2) is 5.78 Å². The number of carbonyl (C=O) groups is 1. The zero-order valence-corrected chi connectivity index (χ0v) is 8.19. The van der Waals surface area contributed by atoms with E-state index in [-0.39, 0.29) is 17.6 Å². The first-order valence-corrected chi connectivity index (χ1v) is 4.83. The summed E-state index contributed by atoms with van der Waals surface area (Å²) in [6, 6.07) is 6.86. The minimum Gasteiger partial charge on any atom is -0.507 e. The van der Waals surface area contributed by atoms with Crippen LogP contribution in [0.4, 0.5) is 0 Å². The summed E-state index contributed by atoms with van der Waals surface area (Å²) in [5.41, 5.74) is 0.481. The molecule has 0 spiro atoms. The normalized spacial score (nSPS) is 21.2. The summed E-state index contributed by atoms with van der Waals surface area (Å²) in [4.78, 5) is 11.9. The van der Waals surface area contributed by atoms with Crippen molar-refractivity contribution in [1.82, 2.24) is 5.32 Å². The van der Waals surface area contributed by atoms with Gasteiger partial charge in [-0.2, -0.15) is 0 Å². The largest absolute Gasteiger partial charge is 0.507 e. The number of nitrogens with one attached hydrogen (secondary N) is 1. The monoisotopic (exact) mass is 206 g/mol. The Morgan fingerprint density at radius 2 is 2.53 bits per heavy atom. The fraction of sp³-hybridized carbons (Fsp3) is 0.364. The predicted molar refractivity (Wildman–Crippen MR) is 53.9 cm³/mol. The molecule has 0 aliphatic carbocycles. The van der Waals surface area contributed by atoms with Gasteiger partial charge in [0.25, 0.3) is 0 Å². The van der Waals surface area contributed by atoms with Gasteiger partial charge in [-0.05, 0) is 12.1 Å². The molecule has 4 nitrogen and oxygen atoms in total. The molecular weight excluding hydrogens is 194 g/mol. The maximum absolute atomic E-state index is 11.9. The first-order valence-electron chi connectivity index (χ1n) is 4.83. The van der Waals surface area contributed by atoms with Crippen molar-refractivity contribution < 1.29 is 14.6 Å². The highest BCUT2D eigenvalue weighted by Crippen LogP contribution is 2.12. The quantitative estimate of drug-likeness (QED) is 0.686. The minimum absolute atomic E-state index is 0.0161. The maximum atomic E-state index is 11.9. The summed E-state index contributed by atoms with van der Waals surface area (Å²) >= 11 is 0. The molecule has 0 saturated carbocycles. The van der Waals surface area contributed by atoms with E-state index >= 15 is 0 Å². The zero-order valence-electron chi connectivity index (χ0n) is 8.19. The van der Waals surface area contributed by atoms with Gasteiger partial charge in [0.2, 0.25) is 0 Å². The van der Waals surface area contributed by atoms with Crippen molar-refractivity contribution in [2.24, 2.45) is 0 Å². The van der Waals surface area contributed by atoms with Gasteiger partial charge in [-0.25, -0.2) is 0 Å². The minimum atomic E-state index is -0.305. The highest BCUT2D eigenvalue weighted by atomic mass is 16.5. The van der Waals surface area contributed by atoms with Gasteiger partial charge < -0.3 is 15.2 Å². The molecule has 1 heterocycles. The summed E-state index contributed by atoms with van der Waals surface area (Å²) in [6.45, 7) is 1.71. The summed E-state index contributed by atoms with van der Waals surface area (Å²) in [5.74, 6) is -0.0726. The van der Waals surface area contributed by atoms with E-state index in [2.05, 4.69) is 11.4 Å². The van der Waals surface area contributed by atoms with Crippen LogP contribution in [0.3, 0.4) is 0 Å². The Morgan fingerprint density at radius 3 is 3.20 bits per heavy atom. The van der Waals surface area contributed by atoms with Crippen molar-refractivity contribution in [3.63, 3.8) is 0 Å². The van der Waals surface area contributed by atoms with Gasteiger partial charge in [-0.3, -0.25) is 4.79 Å². The molecule has 0 bridgehead atoms. The molecule has 15 heavy (non-hydrogen) atoms. The molecule has 1 aromatic rings. The van der Waals surface area contributed by atoms with E-state index < -0.39 is 0 Å². The molecule has 1 aliphatic heterocycles. The van der Waals surface area contributed by atoms with Gasteiger partial charge in [-0.15, -0.1) is 0 Å². The Balaban J connectivity index is 2.12. The SMILES string of the molecule is O=C(c1cc[c]c(O)c1)C1COCCN1. The van der Waals surface area contributed by atoms with Crippen LogP contribution >= 0.6 is 0 Å². The van der Waals surface area contributed by atoms with Crippen LogP contribution in [0.5, 0.6) is 5.75 Å². The number of benzene rings is 1. The van der Waals surface area contributed by atoms with Gasteiger partial charge in [0.05, 0.1) is 19.3 Å². The number of aromatic hydroxyl groups is 1. The first kappa shape index (κ1) is 10.1. The number of phenolic OH excluding ortho intramolecular Hbond substituents is 1. The van der Waals surface area contributed by atoms with E-state index in [4.69, 9.17) is 4.74 Å². The molecule has 0 amide bonds. The van der Waals surface area contributed by atoms with E-state index in [1.165, 1.54) is 12.1 Å². The second kappa shape index (κ2) is 4.42. The van der Waals surface area contributed by atoms with E-state index in [1.807, 2.05) is 0 Å². The number of phenols is 1. The summed E-state index contributed by atoms with van der Waals surface area (Å²) < 4.78 is 5.20. The predicted octanol–water partition coefficient (Wildman–Crippen LogP) is 0.363. The molecule has 4 heteroatoms. The number of ketones is 1. The number of hydrogen-bond acceptors (Lipinski definition) is 4. The van der Waals surface area contributed by atoms with Crippen molar-refractivity contribution in [2.75, 3.05) is 19.8 Å². The van der Waals surface area contributed by atoms with E-state index in [0.717, 1.165) is 0 Å². The number of Topliss-reactive ketones (excluding diaryl/α,β-unsaturated/α-hetero) is 1. The Labute approximate surface area is 87.9 Å². The summed E-state index contributed by atoms with van der Waals surface area (Å²) in [7, 11) is 0. The molecule has 1 aromatic carbocycles.